The highest BCUT2D eigenvalue weighted by molar-refractivity contribution is 5.92. The first kappa shape index (κ1) is 24.5. The van der Waals surface area contributed by atoms with Gasteiger partial charge in [0, 0.05) is 41.7 Å². The van der Waals surface area contributed by atoms with Crippen LogP contribution in [0, 0.1) is 0 Å². The van der Waals surface area contributed by atoms with Gasteiger partial charge in [0.05, 0.1) is 14.2 Å². The lowest BCUT2D eigenvalue weighted by atomic mass is 9.65. The first-order valence-corrected chi connectivity index (χ1v) is 11.5. The number of likely N-dealkylation sites (N-methyl/N-ethyl adjacent to an activating group) is 1. The van der Waals surface area contributed by atoms with Gasteiger partial charge in [0.25, 0.3) is 0 Å². The number of benzene rings is 1. The Bertz CT molecular complexity index is 966. The van der Waals surface area contributed by atoms with Crippen LogP contribution in [0.1, 0.15) is 45.1 Å². The zero-order valence-electron chi connectivity index (χ0n) is 20.2. The largest absolute Gasteiger partial charge is 0.493 e. The summed E-state index contributed by atoms with van der Waals surface area (Å²) < 4.78 is 11.0. The second-order valence-electron chi connectivity index (χ2n) is 8.16. The molecule has 8 heteroatoms. The highest BCUT2D eigenvalue weighted by atomic mass is 16.5. The third-order valence-corrected chi connectivity index (χ3v) is 6.58. The Hall–Kier alpha value is -3.13. The summed E-state index contributed by atoms with van der Waals surface area (Å²) in [6.45, 7) is 5.03. The van der Waals surface area contributed by atoms with Crippen LogP contribution in [0.4, 0.5) is 10.5 Å². The van der Waals surface area contributed by atoms with E-state index in [1.807, 2.05) is 19.9 Å². The fourth-order valence-electron chi connectivity index (χ4n) is 4.91. The van der Waals surface area contributed by atoms with Crippen molar-refractivity contribution in [3.8, 4) is 11.5 Å². The summed E-state index contributed by atoms with van der Waals surface area (Å²) >= 11 is 0. The quantitative estimate of drug-likeness (QED) is 0.654. The molecule has 8 nitrogen and oxygen atoms in total. The number of carbonyl (C=O) groups excluding carboxylic acids is 1. The molecule has 4 rings (SSSR count). The number of nitrogens with zero attached hydrogens (tertiary/aromatic N) is 3. The van der Waals surface area contributed by atoms with Crippen molar-refractivity contribution < 1.29 is 14.3 Å². The van der Waals surface area contributed by atoms with Gasteiger partial charge in [-0.2, -0.15) is 5.10 Å². The number of amides is 2. The summed E-state index contributed by atoms with van der Waals surface area (Å²) in [4.78, 5) is 18.5. The smallest absolute Gasteiger partial charge is 0.339 e. The topological polar surface area (TPSA) is 88.1 Å². The van der Waals surface area contributed by atoms with E-state index >= 15 is 0 Å². The first-order chi connectivity index (χ1) is 16.1. The standard InChI is InChI=1S/C23H29N5O3.C2H6/c1-28-13-10-23(16-4-5-19(30-2)20(14-16)31-3)9-6-18(15-21(23)28)26-27-22(29)25-17-7-11-24-12-8-17;1-2/h4-5,7-8,11-12,14,21H,6,9-10,13,15H2,1-3H3,(H2,24,25,27,29);1-2H3/b26-18-;. The molecule has 2 aromatic rings. The molecule has 2 aliphatic rings. The number of likely N-dealkylation sites (tertiary alicyclic amines) is 1. The Kier molecular flexibility index (Phi) is 8.27. The Morgan fingerprint density at radius 2 is 1.85 bits per heavy atom. The van der Waals surface area contributed by atoms with Crippen molar-refractivity contribution in [3.05, 3.63) is 48.3 Å². The van der Waals surface area contributed by atoms with E-state index < -0.39 is 0 Å². The van der Waals surface area contributed by atoms with Crippen LogP contribution in [-0.2, 0) is 5.41 Å². The fourth-order valence-corrected chi connectivity index (χ4v) is 4.91. The molecule has 0 spiro atoms. The minimum atomic E-state index is -0.352. The van der Waals surface area contributed by atoms with Crippen LogP contribution < -0.4 is 20.2 Å². The average molecular weight is 454 g/mol. The Morgan fingerprint density at radius 3 is 2.55 bits per heavy atom. The summed E-state index contributed by atoms with van der Waals surface area (Å²) in [6.07, 6.45) is 6.99. The third-order valence-electron chi connectivity index (χ3n) is 6.58. The zero-order valence-corrected chi connectivity index (χ0v) is 20.2. The summed E-state index contributed by atoms with van der Waals surface area (Å²) in [5, 5.41) is 7.19. The lowest BCUT2D eigenvalue weighted by molar-refractivity contribution is 0.225. The van der Waals surface area contributed by atoms with E-state index in [4.69, 9.17) is 9.47 Å². The van der Waals surface area contributed by atoms with E-state index in [1.54, 1.807) is 38.7 Å². The van der Waals surface area contributed by atoms with Crippen molar-refractivity contribution in [3.63, 3.8) is 0 Å². The first-order valence-electron chi connectivity index (χ1n) is 11.5. The Labute approximate surface area is 196 Å². The normalized spacial score (nSPS) is 23.2. The molecule has 33 heavy (non-hydrogen) atoms. The summed E-state index contributed by atoms with van der Waals surface area (Å²) in [7, 11) is 5.49. The number of fused-ring (bicyclic) bond motifs is 1. The van der Waals surface area contributed by atoms with E-state index in [0.29, 0.717) is 11.7 Å². The van der Waals surface area contributed by atoms with Crippen molar-refractivity contribution in [2.75, 3.05) is 33.1 Å². The van der Waals surface area contributed by atoms with Crippen molar-refractivity contribution in [1.29, 1.82) is 0 Å². The van der Waals surface area contributed by atoms with Crippen LogP contribution >= 0.6 is 0 Å². The molecule has 1 aliphatic carbocycles. The van der Waals surface area contributed by atoms with Crippen LogP contribution in [0.3, 0.4) is 0 Å². The number of anilines is 1. The third kappa shape index (κ3) is 5.27. The molecule has 2 fully saturated rings. The second kappa shape index (κ2) is 11.1. The fraction of sp³-hybridized carbons (Fsp3) is 0.480. The van der Waals surface area contributed by atoms with Crippen LogP contribution in [0.5, 0.6) is 11.5 Å². The van der Waals surface area contributed by atoms with Crippen LogP contribution in [0.15, 0.2) is 47.8 Å². The number of pyridine rings is 1. The number of hydrogen-bond acceptors (Lipinski definition) is 6. The molecule has 2 amide bonds. The van der Waals surface area contributed by atoms with Gasteiger partial charge in [-0.15, -0.1) is 0 Å². The zero-order chi connectivity index (χ0) is 23.8. The van der Waals surface area contributed by atoms with E-state index in [2.05, 4.69) is 44.9 Å². The molecular weight excluding hydrogens is 418 g/mol. The minimum Gasteiger partial charge on any atom is -0.493 e. The van der Waals surface area contributed by atoms with Crippen LogP contribution in [0.25, 0.3) is 0 Å². The number of hydrazone groups is 1. The number of carbonyl (C=O) groups is 1. The van der Waals surface area contributed by atoms with Gasteiger partial charge in [0.15, 0.2) is 11.5 Å². The van der Waals surface area contributed by atoms with E-state index in [1.165, 1.54) is 5.56 Å². The monoisotopic (exact) mass is 453 g/mol. The SMILES string of the molecule is CC.COc1ccc(C23CC/C(=N/NC(=O)Nc4ccncc4)CC2N(C)CC3)cc1OC. The molecule has 1 aliphatic heterocycles. The van der Waals surface area contributed by atoms with Gasteiger partial charge in [-0.3, -0.25) is 4.98 Å². The van der Waals surface area contributed by atoms with E-state index in [9.17, 15) is 4.79 Å². The molecule has 1 aromatic carbocycles. The molecule has 2 unspecified atom stereocenters. The summed E-state index contributed by atoms with van der Waals surface area (Å²) in [6, 6.07) is 9.71. The molecule has 1 saturated heterocycles. The molecule has 1 saturated carbocycles. The van der Waals surface area contributed by atoms with Crippen LogP contribution in [-0.4, -0.2) is 55.5 Å². The number of ether oxygens (including phenoxy) is 2. The maximum Gasteiger partial charge on any atom is 0.339 e. The summed E-state index contributed by atoms with van der Waals surface area (Å²) in [5.74, 6) is 1.50. The number of methoxy groups -OCH3 is 2. The van der Waals surface area contributed by atoms with Crippen molar-refractivity contribution in [2.24, 2.45) is 5.10 Å². The van der Waals surface area contributed by atoms with Gasteiger partial charge >= 0.3 is 6.03 Å². The van der Waals surface area contributed by atoms with Gasteiger partial charge in [-0.05, 0) is 62.7 Å². The lowest BCUT2D eigenvalue weighted by Gasteiger charge is -2.42. The highest BCUT2D eigenvalue weighted by Crippen LogP contribution is 2.49. The van der Waals surface area contributed by atoms with Gasteiger partial charge in [0.1, 0.15) is 0 Å². The number of nitrogens with one attached hydrogen (secondary N) is 2. The summed E-state index contributed by atoms with van der Waals surface area (Å²) in [5.41, 5.74) is 5.67. The molecule has 2 heterocycles. The van der Waals surface area contributed by atoms with Crippen molar-refractivity contribution >= 4 is 17.4 Å². The van der Waals surface area contributed by atoms with Crippen molar-refractivity contribution in [2.45, 2.75) is 51.0 Å². The second-order valence-corrected chi connectivity index (χ2v) is 8.16. The average Bonchev–Trinajstić information content (AvgIpc) is 3.21. The molecule has 0 bridgehead atoms. The Morgan fingerprint density at radius 1 is 1.12 bits per heavy atom. The molecular formula is C25H35N5O3. The van der Waals surface area contributed by atoms with Crippen molar-refractivity contribution in [1.82, 2.24) is 15.3 Å². The number of hydrogen-bond donors (Lipinski definition) is 2. The molecule has 178 valence electrons. The highest BCUT2D eigenvalue weighted by Gasteiger charge is 2.49. The van der Waals surface area contributed by atoms with Gasteiger partial charge in [-0.25, -0.2) is 10.2 Å². The van der Waals surface area contributed by atoms with Crippen LogP contribution in [0.2, 0.25) is 0 Å². The van der Waals surface area contributed by atoms with E-state index in [0.717, 1.165) is 49.4 Å². The molecule has 2 atom stereocenters. The number of rotatable bonds is 5. The minimum absolute atomic E-state index is 0.0482. The maximum atomic E-state index is 12.2. The van der Waals surface area contributed by atoms with Gasteiger partial charge in [-0.1, -0.05) is 19.9 Å². The molecule has 1 aromatic heterocycles. The predicted octanol–water partition coefficient (Wildman–Crippen LogP) is 4.43. The van der Waals surface area contributed by atoms with E-state index in [-0.39, 0.29) is 11.4 Å². The van der Waals surface area contributed by atoms with Gasteiger partial charge < -0.3 is 19.7 Å². The predicted molar refractivity (Wildman–Crippen MR) is 131 cm³/mol. The maximum absolute atomic E-state index is 12.2. The number of aromatic nitrogens is 1. The lowest BCUT2D eigenvalue weighted by Crippen LogP contribution is -2.46. The Balaban J connectivity index is 0.00000149. The van der Waals surface area contributed by atoms with Gasteiger partial charge in [0.2, 0.25) is 0 Å². The molecule has 0 radical (unpaired) electrons. The number of urea groups is 1. The molecule has 2 N–H and O–H groups in total.